The number of rotatable bonds is 5. The largest absolute Gasteiger partial charge is 0.478 e. The van der Waals surface area contributed by atoms with Crippen LogP contribution in [-0.2, 0) is 6.18 Å². The molecular weight excluding hydrogens is 387 g/mol. The van der Waals surface area contributed by atoms with Crippen molar-refractivity contribution in [2.75, 3.05) is 38.7 Å². The van der Waals surface area contributed by atoms with Crippen molar-refractivity contribution in [2.24, 2.45) is 5.92 Å². The van der Waals surface area contributed by atoms with E-state index in [0.717, 1.165) is 31.6 Å². The number of carbonyl (C=O) groups excluding carboxylic acids is 1. The van der Waals surface area contributed by atoms with Gasteiger partial charge in [-0.25, -0.2) is 9.97 Å². The van der Waals surface area contributed by atoms with Crippen LogP contribution in [0.1, 0.15) is 28.9 Å². The highest BCUT2D eigenvalue weighted by atomic mass is 19.4. The Morgan fingerprint density at radius 3 is 2.48 bits per heavy atom. The number of hydrogen-bond donors (Lipinski definition) is 0. The number of amides is 1. The number of anilines is 1. The zero-order valence-corrected chi connectivity index (χ0v) is 16.2. The number of halogens is 3. The van der Waals surface area contributed by atoms with Crippen LogP contribution in [0, 0.1) is 5.92 Å². The summed E-state index contributed by atoms with van der Waals surface area (Å²) >= 11 is 0. The van der Waals surface area contributed by atoms with Crippen molar-refractivity contribution in [2.45, 2.75) is 19.0 Å². The van der Waals surface area contributed by atoms with E-state index in [4.69, 9.17) is 4.74 Å². The molecule has 156 valence electrons. The quantitative estimate of drug-likeness (QED) is 0.756. The van der Waals surface area contributed by atoms with Crippen molar-refractivity contribution in [1.29, 1.82) is 0 Å². The molecule has 29 heavy (non-hydrogen) atoms. The van der Waals surface area contributed by atoms with Gasteiger partial charge < -0.3 is 14.5 Å². The molecule has 1 amide bonds. The summed E-state index contributed by atoms with van der Waals surface area (Å²) in [7, 11) is 3.46. The molecule has 7 nitrogen and oxygen atoms in total. The molecule has 0 aliphatic carbocycles. The van der Waals surface area contributed by atoms with Gasteiger partial charge in [-0.2, -0.15) is 13.2 Å². The van der Waals surface area contributed by atoms with Crippen LogP contribution in [0.2, 0.25) is 0 Å². The van der Waals surface area contributed by atoms with E-state index in [1.807, 2.05) is 11.9 Å². The molecule has 1 fully saturated rings. The maximum Gasteiger partial charge on any atom is 0.433 e. The van der Waals surface area contributed by atoms with E-state index in [-0.39, 0.29) is 11.5 Å². The van der Waals surface area contributed by atoms with Crippen LogP contribution in [-0.4, -0.2) is 59.6 Å². The summed E-state index contributed by atoms with van der Waals surface area (Å²) in [5.41, 5.74) is -0.840. The number of pyridine rings is 1. The minimum atomic E-state index is -4.52. The molecule has 1 aliphatic heterocycles. The van der Waals surface area contributed by atoms with E-state index >= 15 is 0 Å². The molecule has 0 spiro atoms. The molecule has 0 bridgehead atoms. The minimum Gasteiger partial charge on any atom is -0.478 e. The number of hydrogen-bond acceptors (Lipinski definition) is 6. The topological polar surface area (TPSA) is 71.5 Å². The monoisotopic (exact) mass is 409 g/mol. The highest BCUT2D eigenvalue weighted by Gasteiger charge is 2.33. The van der Waals surface area contributed by atoms with Crippen LogP contribution in [0.4, 0.5) is 19.0 Å². The number of carbonyl (C=O) groups is 1. The Morgan fingerprint density at radius 1 is 1.21 bits per heavy atom. The first-order valence-electron chi connectivity index (χ1n) is 9.18. The van der Waals surface area contributed by atoms with Crippen molar-refractivity contribution >= 4 is 11.7 Å². The first-order chi connectivity index (χ1) is 13.8. The predicted octanol–water partition coefficient (Wildman–Crippen LogP) is 2.89. The van der Waals surface area contributed by atoms with Gasteiger partial charge in [-0.15, -0.1) is 0 Å². The predicted molar refractivity (Wildman–Crippen MR) is 99.7 cm³/mol. The summed E-state index contributed by atoms with van der Waals surface area (Å²) in [6.45, 7) is 1.81. The van der Waals surface area contributed by atoms with Gasteiger partial charge in [0.2, 0.25) is 0 Å². The second-order valence-electron chi connectivity index (χ2n) is 6.94. The van der Waals surface area contributed by atoms with E-state index in [1.54, 1.807) is 24.4 Å². The van der Waals surface area contributed by atoms with Crippen LogP contribution in [0.25, 0.3) is 0 Å². The maximum atomic E-state index is 12.6. The fourth-order valence-electron chi connectivity index (χ4n) is 3.39. The Balaban J connectivity index is 1.55. The Morgan fingerprint density at radius 2 is 1.90 bits per heavy atom. The van der Waals surface area contributed by atoms with Gasteiger partial charge in [0, 0.05) is 45.3 Å². The van der Waals surface area contributed by atoms with Gasteiger partial charge in [0.25, 0.3) is 11.8 Å². The molecule has 0 N–H and O–H groups in total. The molecule has 0 atom stereocenters. The van der Waals surface area contributed by atoms with Gasteiger partial charge in [0.15, 0.2) is 5.82 Å². The van der Waals surface area contributed by atoms with Crippen LogP contribution < -0.4 is 9.64 Å². The third-order valence-corrected chi connectivity index (χ3v) is 4.94. The number of methoxy groups -OCH3 is 1. The Hall–Kier alpha value is -2.91. The third kappa shape index (κ3) is 4.93. The van der Waals surface area contributed by atoms with E-state index in [2.05, 4.69) is 15.0 Å². The number of alkyl halides is 3. The number of piperidine rings is 1. The summed E-state index contributed by atoms with van der Waals surface area (Å²) in [5, 5.41) is 0. The van der Waals surface area contributed by atoms with Gasteiger partial charge in [-0.1, -0.05) is 0 Å². The summed E-state index contributed by atoms with van der Waals surface area (Å²) < 4.78 is 43.1. The highest BCUT2D eigenvalue weighted by molar-refractivity contribution is 5.94. The number of aromatic nitrogens is 3. The lowest BCUT2D eigenvalue weighted by Gasteiger charge is -2.34. The normalized spacial score (nSPS) is 15.3. The van der Waals surface area contributed by atoms with Gasteiger partial charge in [0.1, 0.15) is 5.69 Å². The van der Waals surface area contributed by atoms with Crippen molar-refractivity contribution in [3.8, 4) is 5.88 Å². The van der Waals surface area contributed by atoms with Gasteiger partial charge in [0.05, 0.1) is 12.7 Å². The molecule has 0 saturated carbocycles. The molecule has 3 heterocycles. The average molecular weight is 409 g/mol. The zero-order chi connectivity index (χ0) is 21.0. The van der Waals surface area contributed by atoms with Crippen LogP contribution in [0.5, 0.6) is 5.88 Å². The van der Waals surface area contributed by atoms with E-state index in [1.165, 1.54) is 6.07 Å². The van der Waals surface area contributed by atoms with Crippen molar-refractivity contribution in [3.63, 3.8) is 0 Å². The Bertz CT molecular complexity index is 836. The number of ether oxygens (including phenoxy) is 1. The molecule has 0 aromatic carbocycles. The fourth-order valence-corrected chi connectivity index (χ4v) is 3.39. The van der Waals surface area contributed by atoms with E-state index in [9.17, 15) is 18.0 Å². The fraction of sp³-hybridized carbons (Fsp3) is 0.474. The standard InChI is InChI=1S/C19H22F3N5O2/c1-26(16-17(29-2)24-8-7-23-16)12-13-5-9-27(10-6-13)18(28)14-3-4-15(25-11-14)19(20,21)22/h3-4,7-8,11,13H,5-6,9-10,12H2,1-2H3. The molecule has 2 aromatic heterocycles. The molecule has 2 aromatic rings. The second-order valence-corrected chi connectivity index (χ2v) is 6.94. The SMILES string of the molecule is COc1nccnc1N(C)CC1CCN(C(=O)c2ccc(C(F)(F)F)nc2)CC1. The number of likely N-dealkylation sites (tertiary alicyclic amines) is 1. The van der Waals surface area contributed by atoms with E-state index in [0.29, 0.717) is 30.7 Å². The smallest absolute Gasteiger partial charge is 0.433 e. The summed E-state index contributed by atoms with van der Waals surface area (Å²) in [6, 6.07) is 2.02. The number of nitrogens with zero attached hydrogens (tertiary/aromatic N) is 5. The Labute approximate surface area is 166 Å². The molecular formula is C19H22F3N5O2. The second kappa shape index (κ2) is 8.62. The molecule has 1 saturated heterocycles. The van der Waals surface area contributed by atoms with Crippen molar-refractivity contribution in [3.05, 3.63) is 42.0 Å². The van der Waals surface area contributed by atoms with Gasteiger partial charge in [-0.3, -0.25) is 9.78 Å². The van der Waals surface area contributed by atoms with Crippen molar-refractivity contribution < 1.29 is 22.7 Å². The molecule has 0 radical (unpaired) electrons. The lowest BCUT2D eigenvalue weighted by molar-refractivity contribution is -0.141. The lowest BCUT2D eigenvalue weighted by atomic mass is 9.96. The van der Waals surface area contributed by atoms with Crippen LogP contribution in [0.15, 0.2) is 30.7 Å². The molecule has 1 aliphatic rings. The zero-order valence-electron chi connectivity index (χ0n) is 16.2. The first-order valence-corrected chi connectivity index (χ1v) is 9.18. The third-order valence-electron chi connectivity index (χ3n) is 4.94. The lowest BCUT2D eigenvalue weighted by Crippen LogP contribution is -2.41. The summed E-state index contributed by atoms with van der Waals surface area (Å²) in [4.78, 5) is 28.0. The highest BCUT2D eigenvalue weighted by Crippen LogP contribution is 2.28. The van der Waals surface area contributed by atoms with E-state index < -0.39 is 11.9 Å². The maximum absolute atomic E-state index is 12.6. The van der Waals surface area contributed by atoms with Gasteiger partial charge >= 0.3 is 6.18 Å². The minimum absolute atomic E-state index is 0.165. The van der Waals surface area contributed by atoms with Crippen LogP contribution in [0.3, 0.4) is 0 Å². The van der Waals surface area contributed by atoms with Crippen molar-refractivity contribution in [1.82, 2.24) is 19.9 Å². The molecule has 10 heteroatoms. The van der Waals surface area contributed by atoms with Gasteiger partial charge in [-0.05, 0) is 30.9 Å². The molecule has 0 unspecified atom stereocenters. The van der Waals surface area contributed by atoms with Crippen LogP contribution >= 0.6 is 0 Å². The average Bonchev–Trinajstić information content (AvgIpc) is 2.73. The molecule has 3 rings (SSSR count). The first kappa shape index (κ1) is 20.8. The Kier molecular flexibility index (Phi) is 6.19. The summed E-state index contributed by atoms with van der Waals surface area (Å²) in [5.74, 6) is 1.16. The summed E-state index contributed by atoms with van der Waals surface area (Å²) in [6.07, 6.45) is 1.21.